The lowest BCUT2D eigenvalue weighted by Crippen LogP contribution is -2.03. The van der Waals surface area contributed by atoms with Crippen molar-refractivity contribution >= 4 is 27.3 Å². The first kappa shape index (κ1) is 15.0. The zero-order valence-electron chi connectivity index (χ0n) is 12.2. The van der Waals surface area contributed by atoms with Gasteiger partial charge < -0.3 is 9.47 Å². The maximum absolute atomic E-state index is 5.47. The molecule has 0 spiro atoms. The van der Waals surface area contributed by atoms with Crippen molar-refractivity contribution in [2.45, 2.75) is 6.92 Å². The second-order valence-corrected chi connectivity index (χ2v) is 6.00. The molecule has 0 aliphatic carbocycles. The van der Waals surface area contributed by atoms with Crippen molar-refractivity contribution in [3.05, 3.63) is 34.0 Å². The van der Waals surface area contributed by atoms with E-state index in [9.17, 15) is 0 Å². The van der Waals surface area contributed by atoms with Crippen molar-refractivity contribution in [1.29, 1.82) is 0 Å². The number of methoxy groups -OCH3 is 2. The smallest absolute Gasteiger partial charge is 0.205 e. The molecule has 114 valence electrons. The zero-order chi connectivity index (χ0) is 15.7. The molecule has 2 heterocycles. The highest BCUT2D eigenvalue weighted by atomic mass is 79.9. The fraction of sp³-hybridized carbons (Fsp3) is 0.214. The van der Waals surface area contributed by atoms with Crippen LogP contribution in [0.3, 0.4) is 0 Å². The van der Waals surface area contributed by atoms with Gasteiger partial charge in [0.25, 0.3) is 0 Å². The number of aryl methyl sites for hydroxylation is 1. The molecule has 6 nitrogen and oxygen atoms in total. The van der Waals surface area contributed by atoms with E-state index in [1.54, 1.807) is 14.2 Å². The zero-order valence-corrected chi connectivity index (χ0v) is 14.6. The monoisotopic (exact) mass is 380 g/mol. The molecule has 1 aromatic carbocycles. The molecule has 3 aromatic rings. The van der Waals surface area contributed by atoms with Crippen LogP contribution in [0.1, 0.15) is 5.69 Å². The van der Waals surface area contributed by atoms with Gasteiger partial charge in [0, 0.05) is 11.1 Å². The van der Waals surface area contributed by atoms with Gasteiger partial charge in [-0.05, 0) is 35.0 Å². The quantitative estimate of drug-likeness (QED) is 0.693. The molecule has 0 fully saturated rings. The van der Waals surface area contributed by atoms with Crippen LogP contribution < -0.4 is 9.47 Å². The van der Waals surface area contributed by atoms with Crippen LogP contribution in [0.25, 0.3) is 16.5 Å². The highest BCUT2D eigenvalue weighted by Crippen LogP contribution is 2.37. The molecule has 0 atom stereocenters. The van der Waals surface area contributed by atoms with E-state index in [1.807, 2.05) is 35.1 Å². The molecule has 0 aliphatic heterocycles. The summed E-state index contributed by atoms with van der Waals surface area (Å²) in [7, 11) is 3.23. The Morgan fingerprint density at radius 3 is 2.36 bits per heavy atom. The van der Waals surface area contributed by atoms with E-state index >= 15 is 0 Å². The Labute approximate surface area is 139 Å². The third-order valence-corrected chi connectivity index (χ3v) is 4.53. The summed E-state index contributed by atoms with van der Waals surface area (Å²) in [5.41, 5.74) is 1.67. The predicted molar refractivity (Wildman–Crippen MR) is 88.0 cm³/mol. The first-order chi connectivity index (χ1) is 10.7. The van der Waals surface area contributed by atoms with Gasteiger partial charge in [-0.25, -0.2) is 4.98 Å². The fourth-order valence-electron chi connectivity index (χ4n) is 2.11. The molecule has 0 saturated carbocycles. The minimum absolute atomic E-state index is 0.554. The number of hydrogen-bond acceptors (Lipinski definition) is 6. The number of aromatic nitrogens is 4. The van der Waals surface area contributed by atoms with Crippen molar-refractivity contribution in [2.75, 3.05) is 14.2 Å². The van der Waals surface area contributed by atoms with Crippen molar-refractivity contribution in [1.82, 2.24) is 19.7 Å². The van der Waals surface area contributed by atoms with E-state index < -0.39 is 0 Å². The molecule has 22 heavy (non-hydrogen) atoms. The Hall–Kier alpha value is -1.93. The van der Waals surface area contributed by atoms with Crippen LogP contribution in [0.5, 0.6) is 11.5 Å². The van der Waals surface area contributed by atoms with Gasteiger partial charge in [0.2, 0.25) is 4.73 Å². The Bertz CT molecular complexity index is 793. The summed E-state index contributed by atoms with van der Waals surface area (Å²) in [6.07, 6.45) is 0. The maximum atomic E-state index is 5.47. The second kappa shape index (κ2) is 6.05. The predicted octanol–water partition coefficient (Wildman–Crippen LogP) is 3.48. The van der Waals surface area contributed by atoms with Crippen LogP contribution >= 0.6 is 27.3 Å². The first-order valence-corrected chi connectivity index (χ1v) is 8.07. The molecule has 0 N–H and O–H groups in total. The van der Waals surface area contributed by atoms with Gasteiger partial charge >= 0.3 is 0 Å². The van der Waals surface area contributed by atoms with Gasteiger partial charge in [-0.2, -0.15) is 0 Å². The topological polar surface area (TPSA) is 62.1 Å². The van der Waals surface area contributed by atoms with E-state index in [2.05, 4.69) is 31.1 Å². The standard InChI is InChI=1S/C14H13BrN4O2S/c1-8-7-22-13(16-8)12-17-18-14(15)19(12)11-9(20-2)5-4-6-10(11)21-3/h4-7H,1-3H3. The summed E-state index contributed by atoms with van der Waals surface area (Å²) in [5.74, 6) is 1.96. The SMILES string of the molecule is COc1cccc(OC)c1-n1c(Br)nnc1-c1nc(C)cs1. The third-order valence-electron chi connectivity index (χ3n) is 3.06. The van der Waals surface area contributed by atoms with Gasteiger partial charge in [0.1, 0.15) is 17.2 Å². The lowest BCUT2D eigenvalue weighted by Gasteiger charge is -2.15. The first-order valence-electron chi connectivity index (χ1n) is 6.40. The minimum Gasteiger partial charge on any atom is -0.494 e. The average Bonchev–Trinajstić information content (AvgIpc) is 3.12. The molecule has 0 radical (unpaired) electrons. The van der Waals surface area contributed by atoms with Gasteiger partial charge in [-0.15, -0.1) is 21.5 Å². The van der Waals surface area contributed by atoms with E-state index in [1.165, 1.54) is 11.3 Å². The highest BCUT2D eigenvalue weighted by molar-refractivity contribution is 9.10. The molecule has 0 aliphatic rings. The van der Waals surface area contributed by atoms with Gasteiger partial charge in [0.05, 0.1) is 14.2 Å². The molecular weight excluding hydrogens is 368 g/mol. The fourth-order valence-corrected chi connectivity index (χ4v) is 3.30. The molecule has 0 saturated heterocycles. The van der Waals surface area contributed by atoms with Crippen molar-refractivity contribution in [3.63, 3.8) is 0 Å². The summed E-state index contributed by atoms with van der Waals surface area (Å²) in [4.78, 5) is 4.48. The second-order valence-electron chi connectivity index (χ2n) is 4.43. The normalized spacial score (nSPS) is 10.7. The van der Waals surface area contributed by atoms with Gasteiger partial charge in [-0.3, -0.25) is 4.57 Å². The maximum Gasteiger partial charge on any atom is 0.205 e. The van der Waals surface area contributed by atoms with E-state index in [-0.39, 0.29) is 0 Å². The molecular formula is C14H13BrN4O2S. The van der Waals surface area contributed by atoms with Crippen LogP contribution in [0.15, 0.2) is 28.3 Å². The summed E-state index contributed by atoms with van der Waals surface area (Å²) in [6.45, 7) is 1.94. The number of thiazole rings is 1. The van der Waals surface area contributed by atoms with Crippen LogP contribution in [0, 0.1) is 6.92 Å². The number of ether oxygens (including phenoxy) is 2. The third kappa shape index (κ3) is 2.48. The van der Waals surface area contributed by atoms with Crippen LogP contribution in [0.4, 0.5) is 0 Å². The van der Waals surface area contributed by atoms with E-state index in [4.69, 9.17) is 9.47 Å². The minimum atomic E-state index is 0.554. The van der Waals surface area contributed by atoms with Crippen molar-refractivity contribution < 1.29 is 9.47 Å². The Kier molecular flexibility index (Phi) is 4.12. The summed E-state index contributed by atoms with van der Waals surface area (Å²) in [5, 5.41) is 11.1. The number of para-hydroxylation sites is 1. The van der Waals surface area contributed by atoms with Crippen LogP contribution in [-0.4, -0.2) is 34.0 Å². The van der Waals surface area contributed by atoms with E-state index in [0.717, 1.165) is 16.4 Å². The molecule has 2 aromatic heterocycles. The highest BCUT2D eigenvalue weighted by Gasteiger charge is 2.22. The Morgan fingerprint density at radius 1 is 1.14 bits per heavy atom. The molecule has 0 bridgehead atoms. The van der Waals surface area contributed by atoms with Gasteiger partial charge in [-0.1, -0.05) is 6.07 Å². The Morgan fingerprint density at radius 2 is 1.82 bits per heavy atom. The Balaban J connectivity index is 2.28. The lowest BCUT2D eigenvalue weighted by atomic mass is 10.2. The lowest BCUT2D eigenvalue weighted by molar-refractivity contribution is 0.391. The summed E-state index contributed by atoms with van der Waals surface area (Å²) < 4.78 is 13.3. The van der Waals surface area contributed by atoms with Crippen LogP contribution in [0.2, 0.25) is 0 Å². The molecule has 0 unspecified atom stereocenters. The number of rotatable bonds is 4. The molecule has 8 heteroatoms. The van der Waals surface area contributed by atoms with E-state index in [0.29, 0.717) is 22.1 Å². The average molecular weight is 381 g/mol. The number of nitrogens with zero attached hydrogens (tertiary/aromatic N) is 4. The largest absolute Gasteiger partial charge is 0.494 e. The molecule has 3 rings (SSSR count). The van der Waals surface area contributed by atoms with Gasteiger partial charge in [0.15, 0.2) is 10.8 Å². The molecule has 0 amide bonds. The number of benzene rings is 1. The van der Waals surface area contributed by atoms with Crippen molar-refractivity contribution in [2.24, 2.45) is 0 Å². The number of hydrogen-bond donors (Lipinski definition) is 0. The summed E-state index contributed by atoms with van der Waals surface area (Å²) in [6, 6.07) is 5.59. The van der Waals surface area contributed by atoms with Crippen LogP contribution in [-0.2, 0) is 0 Å². The number of halogens is 1. The van der Waals surface area contributed by atoms with Crippen molar-refractivity contribution in [3.8, 4) is 28.0 Å². The summed E-state index contributed by atoms with van der Waals surface area (Å²) >= 11 is 4.95.